The third-order valence-corrected chi connectivity index (χ3v) is 4.84. The summed E-state index contributed by atoms with van der Waals surface area (Å²) in [4.78, 5) is 21.9. The Kier molecular flexibility index (Phi) is 5.62. The first-order chi connectivity index (χ1) is 15.0. The molecular weight excluding hydrogens is 386 g/mol. The Bertz CT molecular complexity index is 1200. The van der Waals surface area contributed by atoms with Gasteiger partial charge in [0.1, 0.15) is 5.69 Å². The monoisotopic (exact) mass is 409 g/mol. The number of nitrogens with zero attached hydrogens (tertiary/aromatic N) is 2. The van der Waals surface area contributed by atoms with E-state index in [4.69, 9.17) is 5.73 Å². The van der Waals surface area contributed by atoms with Crippen molar-refractivity contribution in [3.05, 3.63) is 95.6 Å². The zero-order valence-corrected chi connectivity index (χ0v) is 17.4. The van der Waals surface area contributed by atoms with E-state index in [1.54, 1.807) is 24.3 Å². The van der Waals surface area contributed by atoms with Gasteiger partial charge in [-0.15, -0.1) is 0 Å². The van der Waals surface area contributed by atoms with E-state index >= 15 is 0 Å². The number of amides is 1. The van der Waals surface area contributed by atoms with Crippen molar-refractivity contribution in [1.29, 1.82) is 0 Å². The molecule has 0 aliphatic heterocycles. The van der Waals surface area contributed by atoms with Crippen LogP contribution in [0.4, 0.5) is 23.0 Å². The minimum absolute atomic E-state index is 0.185. The number of benzene rings is 3. The Morgan fingerprint density at radius 1 is 0.806 bits per heavy atom. The molecule has 3 aromatic carbocycles. The van der Waals surface area contributed by atoms with E-state index < -0.39 is 0 Å². The molecule has 4 rings (SSSR count). The van der Waals surface area contributed by atoms with Crippen molar-refractivity contribution < 1.29 is 4.79 Å². The molecule has 0 aliphatic rings. The fourth-order valence-corrected chi connectivity index (χ4v) is 3.07. The van der Waals surface area contributed by atoms with Gasteiger partial charge in [0.2, 0.25) is 0 Å². The number of anilines is 4. The van der Waals surface area contributed by atoms with Crippen LogP contribution in [0.5, 0.6) is 0 Å². The second kappa shape index (κ2) is 8.67. The minimum Gasteiger partial charge on any atom is -0.382 e. The zero-order chi connectivity index (χ0) is 21.8. The van der Waals surface area contributed by atoms with Gasteiger partial charge in [0.05, 0.1) is 0 Å². The first kappa shape index (κ1) is 20.1. The zero-order valence-electron chi connectivity index (χ0n) is 17.4. The van der Waals surface area contributed by atoms with Gasteiger partial charge in [0.25, 0.3) is 5.91 Å². The molecule has 154 valence electrons. The van der Waals surface area contributed by atoms with Crippen molar-refractivity contribution in [1.82, 2.24) is 9.97 Å². The molecule has 1 amide bonds. The van der Waals surface area contributed by atoms with Gasteiger partial charge in [-0.3, -0.25) is 4.79 Å². The third-order valence-electron chi connectivity index (χ3n) is 4.84. The molecule has 1 aromatic heterocycles. The largest absolute Gasteiger partial charge is 0.382 e. The van der Waals surface area contributed by atoms with E-state index in [0.717, 1.165) is 22.4 Å². The maximum absolute atomic E-state index is 12.8. The highest BCUT2D eigenvalue weighted by Gasteiger charge is 2.17. The molecule has 0 unspecified atom stereocenters. The van der Waals surface area contributed by atoms with Gasteiger partial charge < -0.3 is 16.4 Å². The normalized spacial score (nSPS) is 10.5. The SMILES string of the molecule is Cc1ccc(Nc2nc(-c3ccc(C)cc3)nc(N)c2NC(=O)c2ccccc2)cc1. The predicted molar refractivity (Wildman–Crippen MR) is 125 cm³/mol. The third kappa shape index (κ3) is 4.70. The van der Waals surface area contributed by atoms with Crippen LogP contribution >= 0.6 is 0 Å². The molecular formula is C25H23N5O. The van der Waals surface area contributed by atoms with Crippen molar-refractivity contribution in [3.8, 4) is 11.4 Å². The van der Waals surface area contributed by atoms with Crippen molar-refractivity contribution in [2.75, 3.05) is 16.4 Å². The highest BCUT2D eigenvalue weighted by Crippen LogP contribution is 2.31. The van der Waals surface area contributed by atoms with Gasteiger partial charge in [-0.05, 0) is 38.1 Å². The molecule has 4 aromatic rings. The molecule has 4 N–H and O–H groups in total. The Balaban J connectivity index is 1.75. The smallest absolute Gasteiger partial charge is 0.255 e. The number of aromatic nitrogens is 2. The molecule has 6 heteroatoms. The Hall–Kier alpha value is -4.19. The maximum Gasteiger partial charge on any atom is 0.255 e. The van der Waals surface area contributed by atoms with Crippen molar-refractivity contribution in [3.63, 3.8) is 0 Å². The van der Waals surface area contributed by atoms with Crippen molar-refractivity contribution in [2.45, 2.75) is 13.8 Å². The summed E-state index contributed by atoms with van der Waals surface area (Å²) in [5.74, 6) is 0.802. The molecule has 1 heterocycles. The molecule has 0 atom stereocenters. The van der Waals surface area contributed by atoms with Crippen LogP contribution in [-0.4, -0.2) is 15.9 Å². The quantitative estimate of drug-likeness (QED) is 0.414. The van der Waals surface area contributed by atoms with Crippen LogP contribution in [0.2, 0.25) is 0 Å². The fourth-order valence-electron chi connectivity index (χ4n) is 3.07. The lowest BCUT2D eigenvalue weighted by molar-refractivity contribution is 0.102. The molecule has 0 saturated carbocycles. The lowest BCUT2D eigenvalue weighted by atomic mass is 10.1. The standard InChI is InChI=1S/C25H23N5O/c1-16-8-12-18(13-9-16)23-29-22(26)21(28-25(31)19-6-4-3-5-7-19)24(30-23)27-20-14-10-17(2)11-15-20/h3-15H,1-2H3,(H,28,31)(H3,26,27,29,30). The topological polar surface area (TPSA) is 92.9 Å². The van der Waals surface area contributed by atoms with Gasteiger partial charge in [-0.25, -0.2) is 9.97 Å². The fraction of sp³-hybridized carbons (Fsp3) is 0.0800. The lowest BCUT2D eigenvalue weighted by Crippen LogP contribution is -2.16. The van der Waals surface area contributed by atoms with Gasteiger partial charge in [-0.2, -0.15) is 0 Å². The second-order valence-corrected chi connectivity index (χ2v) is 7.33. The van der Waals surface area contributed by atoms with E-state index in [9.17, 15) is 4.79 Å². The van der Waals surface area contributed by atoms with Crippen LogP contribution in [0.3, 0.4) is 0 Å². The lowest BCUT2D eigenvalue weighted by Gasteiger charge is -2.16. The summed E-state index contributed by atoms with van der Waals surface area (Å²) in [6.45, 7) is 4.04. The van der Waals surface area contributed by atoms with Crippen LogP contribution in [-0.2, 0) is 0 Å². The van der Waals surface area contributed by atoms with E-state index in [2.05, 4.69) is 20.6 Å². The number of carbonyl (C=O) groups excluding carboxylic acids is 1. The highest BCUT2D eigenvalue weighted by molar-refractivity contribution is 6.07. The Labute approximate surface area is 181 Å². The van der Waals surface area contributed by atoms with Crippen LogP contribution in [0.25, 0.3) is 11.4 Å². The maximum atomic E-state index is 12.8. The Morgan fingerprint density at radius 3 is 2.06 bits per heavy atom. The molecule has 0 saturated heterocycles. The Morgan fingerprint density at radius 2 is 1.42 bits per heavy atom. The number of carbonyl (C=O) groups is 1. The van der Waals surface area contributed by atoms with Gasteiger partial charge in [0, 0.05) is 16.8 Å². The summed E-state index contributed by atoms with van der Waals surface area (Å²) in [5, 5.41) is 6.14. The van der Waals surface area contributed by atoms with Gasteiger partial charge in [-0.1, -0.05) is 65.7 Å². The van der Waals surface area contributed by atoms with Crippen molar-refractivity contribution >= 4 is 28.9 Å². The summed E-state index contributed by atoms with van der Waals surface area (Å²) in [6.07, 6.45) is 0. The first-order valence-electron chi connectivity index (χ1n) is 9.94. The van der Waals surface area contributed by atoms with Gasteiger partial charge >= 0.3 is 0 Å². The van der Waals surface area contributed by atoms with Crippen LogP contribution in [0.1, 0.15) is 21.5 Å². The van der Waals surface area contributed by atoms with Crippen LogP contribution in [0.15, 0.2) is 78.9 Å². The summed E-state index contributed by atoms with van der Waals surface area (Å²) < 4.78 is 0. The second-order valence-electron chi connectivity index (χ2n) is 7.33. The number of nitrogens with two attached hydrogens (primary N) is 1. The molecule has 0 fully saturated rings. The van der Waals surface area contributed by atoms with E-state index in [1.165, 1.54) is 0 Å². The summed E-state index contributed by atoms with van der Waals surface area (Å²) in [6, 6.07) is 24.7. The first-order valence-corrected chi connectivity index (χ1v) is 9.94. The summed E-state index contributed by atoms with van der Waals surface area (Å²) in [5.41, 5.74) is 11.1. The number of hydrogen-bond acceptors (Lipinski definition) is 5. The summed E-state index contributed by atoms with van der Waals surface area (Å²) in [7, 11) is 0. The number of nitrogen functional groups attached to an aromatic ring is 1. The minimum atomic E-state index is -0.286. The van der Waals surface area contributed by atoms with E-state index in [-0.39, 0.29) is 11.7 Å². The molecule has 0 radical (unpaired) electrons. The van der Waals surface area contributed by atoms with Gasteiger partial charge in [0.15, 0.2) is 17.5 Å². The molecule has 0 spiro atoms. The summed E-state index contributed by atoms with van der Waals surface area (Å²) >= 11 is 0. The number of rotatable bonds is 5. The molecule has 6 nitrogen and oxygen atoms in total. The molecule has 0 aliphatic carbocycles. The van der Waals surface area contributed by atoms with Crippen LogP contribution < -0.4 is 16.4 Å². The van der Waals surface area contributed by atoms with Crippen molar-refractivity contribution in [2.24, 2.45) is 0 Å². The predicted octanol–water partition coefficient (Wildman–Crippen LogP) is 5.34. The van der Waals surface area contributed by atoms with E-state index in [0.29, 0.717) is 22.9 Å². The molecule has 31 heavy (non-hydrogen) atoms. The average Bonchev–Trinajstić information content (AvgIpc) is 2.78. The number of nitrogens with one attached hydrogen (secondary N) is 2. The molecule has 0 bridgehead atoms. The van der Waals surface area contributed by atoms with E-state index in [1.807, 2.05) is 68.4 Å². The number of hydrogen-bond donors (Lipinski definition) is 3. The highest BCUT2D eigenvalue weighted by atomic mass is 16.1. The van der Waals surface area contributed by atoms with Crippen LogP contribution in [0, 0.1) is 13.8 Å². The average molecular weight is 409 g/mol. The number of aryl methyl sites for hydroxylation is 2.